The molecule has 11 heteroatoms. The van der Waals surface area contributed by atoms with Gasteiger partial charge in [-0.3, -0.25) is 19.3 Å². The maximum atomic E-state index is 12.7. The molecule has 0 saturated carbocycles. The number of halogens is 1. The number of benzene rings is 4. The van der Waals surface area contributed by atoms with E-state index in [1.807, 2.05) is 48.6 Å². The Balaban J connectivity index is 0.000000209. The molecule has 3 N–H and O–H groups in total. The van der Waals surface area contributed by atoms with E-state index in [2.05, 4.69) is 103 Å². The largest absolute Gasteiger partial charge is 0.496 e. The van der Waals surface area contributed by atoms with Crippen LogP contribution in [0, 0.1) is 0 Å². The van der Waals surface area contributed by atoms with Crippen LogP contribution in [0.15, 0.2) is 71.2 Å². The molecule has 316 valence electrons. The maximum absolute atomic E-state index is 12.7. The van der Waals surface area contributed by atoms with Gasteiger partial charge in [0, 0.05) is 70.2 Å². The first-order valence-corrected chi connectivity index (χ1v) is 21.4. The molecule has 0 radical (unpaired) electrons. The summed E-state index contributed by atoms with van der Waals surface area (Å²) in [6.45, 7) is 21.5. The normalized spacial score (nSPS) is 16.3. The fraction of sp³-hybridized carbons (Fsp3) is 0.367. The van der Waals surface area contributed by atoms with Gasteiger partial charge in [0.05, 0.1) is 26.0 Å². The van der Waals surface area contributed by atoms with Gasteiger partial charge in [0.2, 0.25) is 5.91 Å². The van der Waals surface area contributed by atoms with E-state index in [0.29, 0.717) is 41.0 Å². The van der Waals surface area contributed by atoms with Crippen molar-refractivity contribution in [2.24, 2.45) is 0 Å². The molecular weight excluding hydrogens is 820 g/mol. The van der Waals surface area contributed by atoms with Gasteiger partial charge in [0.1, 0.15) is 18.1 Å². The molecule has 4 aromatic rings. The quantitative estimate of drug-likeness (QED) is 0.136. The number of fused-ring (bicyclic) bond motifs is 2. The van der Waals surface area contributed by atoms with Gasteiger partial charge in [-0.15, -0.1) is 0 Å². The summed E-state index contributed by atoms with van der Waals surface area (Å²) in [7, 11) is 1.73. The van der Waals surface area contributed by atoms with Crippen molar-refractivity contribution in [2.75, 3.05) is 62.5 Å². The first kappa shape index (κ1) is 44.3. The van der Waals surface area contributed by atoms with Gasteiger partial charge < -0.3 is 30.2 Å². The highest BCUT2D eigenvalue weighted by atomic mass is 79.9. The Kier molecular flexibility index (Phi) is 14.0. The highest BCUT2D eigenvalue weighted by Gasteiger charge is 2.27. The second kappa shape index (κ2) is 19.0. The zero-order valence-corrected chi connectivity index (χ0v) is 37.8. The lowest BCUT2D eigenvalue weighted by Crippen LogP contribution is -2.38. The van der Waals surface area contributed by atoms with E-state index in [4.69, 9.17) is 14.2 Å². The Morgan fingerprint density at radius 1 is 0.833 bits per heavy atom. The number of hydrogen-bond acceptors (Lipinski definition) is 7. The van der Waals surface area contributed by atoms with Crippen molar-refractivity contribution < 1.29 is 28.6 Å². The van der Waals surface area contributed by atoms with Crippen LogP contribution in [-0.4, -0.2) is 69.2 Å². The minimum atomic E-state index is -0.155. The van der Waals surface area contributed by atoms with Crippen LogP contribution in [0.5, 0.6) is 11.5 Å². The highest BCUT2D eigenvalue weighted by Crippen LogP contribution is 2.40. The molecule has 0 atom stereocenters. The van der Waals surface area contributed by atoms with Crippen LogP contribution in [0.25, 0.3) is 23.3 Å². The minimum Gasteiger partial charge on any atom is -0.496 e. The van der Waals surface area contributed by atoms with Crippen molar-refractivity contribution in [3.63, 3.8) is 0 Å². The van der Waals surface area contributed by atoms with E-state index in [1.165, 1.54) is 18.1 Å². The number of rotatable bonds is 10. The number of morpholine rings is 1. The highest BCUT2D eigenvalue weighted by molar-refractivity contribution is 9.10. The lowest BCUT2D eigenvalue weighted by Gasteiger charge is -2.27. The van der Waals surface area contributed by atoms with Gasteiger partial charge in [-0.25, -0.2) is 0 Å². The topological polar surface area (TPSA) is 118 Å². The molecule has 0 aliphatic carbocycles. The number of hydrogen-bond donors (Lipinski definition) is 3. The number of amides is 3. The summed E-state index contributed by atoms with van der Waals surface area (Å²) >= 11 is 3.50. The zero-order chi connectivity index (χ0) is 43.3. The summed E-state index contributed by atoms with van der Waals surface area (Å²) in [6, 6.07) is 21.6. The van der Waals surface area contributed by atoms with Gasteiger partial charge in [-0.1, -0.05) is 76.5 Å². The van der Waals surface area contributed by atoms with Crippen molar-refractivity contribution in [1.29, 1.82) is 0 Å². The molecule has 60 heavy (non-hydrogen) atoms. The average molecular weight is 878 g/mol. The van der Waals surface area contributed by atoms with Crippen LogP contribution in [0.3, 0.4) is 0 Å². The predicted molar refractivity (Wildman–Crippen MR) is 247 cm³/mol. The third-order valence-electron chi connectivity index (χ3n) is 10.7. The van der Waals surface area contributed by atoms with Crippen LogP contribution in [-0.2, 0) is 24.5 Å². The van der Waals surface area contributed by atoms with Gasteiger partial charge in [-0.2, -0.15) is 0 Å². The van der Waals surface area contributed by atoms with Crippen LogP contribution in [0.4, 0.5) is 17.1 Å². The fourth-order valence-electron chi connectivity index (χ4n) is 7.59. The Bertz CT molecular complexity index is 2310. The van der Waals surface area contributed by atoms with Gasteiger partial charge in [0.25, 0.3) is 11.8 Å². The Morgan fingerprint density at radius 3 is 2.08 bits per heavy atom. The molecule has 4 aromatic carbocycles. The summed E-state index contributed by atoms with van der Waals surface area (Å²) < 4.78 is 18.3. The molecule has 1 saturated heterocycles. The molecule has 0 spiro atoms. The SMILES string of the molecule is CC(=O)Nc1ccc2c(c1)NC(=O)/C2=C\c1ccc(OCCN2CCOCC2)c(C(C)(C)C)c1.COc1c(C(C)C)cc(/C=C2\C(=O)Nc3ccc(Br)cc32)cc1C(C)C. The maximum Gasteiger partial charge on any atom is 0.256 e. The lowest BCUT2D eigenvalue weighted by molar-refractivity contribution is -0.114. The minimum absolute atomic E-state index is 0.0638. The van der Waals surface area contributed by atoms with Crippen LogP contribution < -0.4 is 25.4 Å². The molecule has 0 aromatic heterocycles. The molecule has 3 amide bonds. The predicted octanol–water partition coefficient (Wildman–Crippen LogP) is 10.3. The van der Waals surface area contributed by atoms with E-state index >= 15 is 0 Å². The molecule has 0 unspecified atom stereocenters. The second-order valence-electron chi connectivity index (χ2n) is 17.0. The number of methoxy groups -OCH3 is 1. The van der Waals surface area contributed by atoms with Gasteiger partial charge >= 0.3 is 0 Å². The smallest absolute Gasteiger partial charge is 0.256 e. The van der Waals surface area contributed by atoms with Crippen molar-refractivity contribution in [3.05, 3.63) is 110 Å². The molecule has 3 aliphatic heterocycles. The number of carbonyl (C=O) groups is 3. The van der Waals surface area contributed by atoms with Crippen molar-refractivity contribution in [3.8, 4) is 11.5 Å². The molecule has 10 nitrogen and oxygen atoms in total. The summed E-state index contributed by atoms with van der Waals surface area (Å²) in [4.78, 5) is 38.9. The Hall–Kier alpha value is -5.23. The van der Waals surface area contributed by atoms with Gasteiger partial charge in [0.15, 0.2) is 0 Å². The summed E-state index contributed by atoms with van der Waals surface area (Å²) in [5, 5.41) is 8.59. The van der Waals surface area contributed by atoms with Crippen molar-refractivity contribution >= 4 is 74.0 Å². The van der Waals surface area contributed by atoms with E-state index in [-0.39, 0.29) is 23.1 Å². The van der Waals surface area contributed by atoms with Crippen LogP contribution in [0.2, 0.25) is 0 Å². The number of anilines is 3. The monoisotopic (exact) mass is 876 g/mol. The zero-order valence-electron chi connectivity index (χ0n) is 36.2. The molecule has 3 heterocycles. The number of nitrogens with zero attached hydrogens (tertiary/aromatic N) is 1. The number of nitrogens with one attached hydrogen (secondary N) is 3. The summed E-state index contributed by atoms with van der Waals surface area (Å²) in [5.74, 6) is 2.13. The third-order valence-corrected chi connectivity index (χ3v) is 11.2. The molecule has 0 bridgehead atoms. The Labute approximate surface area is 362 Å². The van der Waals surface area contributed by atoms with Crippen LogP contribution in [0.1, 0.15) is 106 Å². The molecule has 7 rings (SSSR count). The molecule has 1 fully saturated rings. The summed E-state index contributed by atoms with van der Waals surface area (Å²) in [5.41, 5.74) is 10.5. The molecular formula is C49H57BrN4O6. The number of ether oxygens (including phenoxy) is 3. The lowest BCUT2D eigenvalue weighted by atomic mass is 9.85. The van der Waals surface area contributed by atoms with Crippen LogP contribution >= 0.6 is 15.9 Å². The summed E-state index contributed by atoms with van der Waals surface area (Å²) in [6.07, 6.45) is 3.89. The van der Waals surface area contributed by atoms with Crippen molar-refractivity contribution in [1.82, 2.24) is 4.90 Å². The standard InChI is InChI=1S/C27H33N3O4.C22H24BrNO2/c1-18(31)28-20-6-7-21-22(26(32)29-24(21)17-20)15-19-5-8-25(23(16-19)27(2,3)4)34-14-11-30-9-12-33-13-10-30;1-12(2)16-8-14(9-17(13(3)4)21(16)26-5)10-19-18-11-15(23)6-7-20(18)24-22(19)25/h5-8,15-17H,9-14H2,1-4H3,(H,28,31)(H,29,32);6-13H,1-5H3,(H,24,25)/b22-15-;19-10-. The van der Waals surface area contributed by atoms with E-state index in [9.17, 15) is 14.4 Å². The van der Waals surface area contributed by atoms with E-state index < -0.39 is 0 Å². The average Bonchev–Trinajstić information content (AvgIpc) is 3.67. The van der Waals surface area contributed by atoms with Gasteiger partial charge in [-0.05, 0) is 106 Å². The first-order valence-electron chi connectivity index (χ1n) is 20.6. The van der Waals surface area contributed by atoms with E-state index in [0.717, 1.165) is 82.3 Å². The first-order chi connectivity index (χ1) is 28.5. The van der Waals surface area contributed by atoms with E-state index in [1.54, 1.807) is 19.2 Å². The number of carbonyl (C=O) groups excluding carboxylic acids is 3. The Morgan fingerprint density at radius 2 is 1.47 bits per heavy atom. The molecule has 3 aliphatic rings. The fourth-order valence-corrected chi connectivity index (χ4v) is 7.95. The second-order valence-corrected chi connectivity index (χ2v) is 17.9. The van der Waals surface area contributed by atoms with Crippen molar-refractivity contribution in [2.45, 2.75) is 72.6 Å². The third kappa shape index (κ3) is 10.6.